The molecule has 2 unspecified atom stereocenters. The number of allylic oxidation sites excluding steroid dienone is 4. The lowest BCUT2D eigenvalue weighted by Crippen LogP contribution is -2.20. The van der Waals surface area contributed by atoms with Crippen LogP contribution in [-0.2, 0) is 9.53 Å². The van der Waals surface area contributed by atoms with E-state index in [1.165, 1.54) is 0 Å². The van der Waals surface area contributed by atoms with Crippen LogP contribution in [0.5, 0.6) is 0 Å². The standard InChI is InChI=1S/C14H20O3/c1-3-5-7-12(13(16)6-4-2)14-9-8-11(10-15)17-14/h3-5,7,11,14-15H,2,6,8-10H2,1H3/b5-3-,12-7+. The molecule has 0 aromatic heterocycles. The summed E-state index contributed by atoms with van der Waals surface area (Å²) in [6, 6.07) is 0. The van der Waals surface area contributed by atoms with Gasteiger partial charge in [0.25, 0.3) is 0 Å². The predicted octanol–water partition coefficient (Wildman–Crippen LogP) is 2.17. The Labute approximate surface area is 102 Å². The van der Waals surface area contributed by atoms with Gasteiger partial charge in [-0.3, -0.25) is 4.79 Å². The average Bonchev–Trinajstić information content (AvgIpc) is 2.78. The summed E-state index contributed by atoms with van der Waals surface area (Å²) >= 11 is 0. The van der Waals surface area contributed by atoms with Crippen LogP contribution in [0.1, 0.15) is 26.2 Å². The van der Waals surface area contributed by atoms with Gasteiger partial charge in [-0.25, -0.2) is 0 Å². The fraction of sp³-hybridized carbons (Fsp3) is 0.500. The van der Waals surface area contributed by atoms with Crippen molar-refractivity contribution in [3.63, 3.8) is 0 Å². The third-order valence-corrected chi connectivity index (χ3v) is 2.78. The Morgan fingerprint density at radius 3 is 2.82 bits per heavy atom. The molecule has 3 nitrogen and oxygen atoms in total. The van der Waals surface area contributed by atoms with Crippen molar-refractivity contribution in [2.45, 2.75) is 38.4 Å². The number of aliphatic hydroxyl groups excluding tert-OH is 1. The van der Waals surface area contributed by atoms with Crippen LogP contribution in [0.4, 0.5) is 0 Å². The number of ether oxygens (including phenoxy) is 1. The van der Waals surface area contributed by atoms with E-state index in [1.54, 1.807) is 12.2 Å². The molecule has 3 heteroatoms. The molecule has 1 aliphatic heterocycles. The second kappa shape index (κ2) is 7.20. The Balaban J connectivity index is 2.77. The lowest BCUT2D eigenvalue weighted by atomic mass is 9.99. The van der Waals surface area contributed by atoms with Crippen LogP contribution in [0.3, 0.4) is 0 Å². The van der Waals surface area contributed by atoms with Crippen LogP contribution in [0.15, 0.2) is 36.5 Å². The summed E-state index contributed by atoms with van der Waals surface area (Å²) in [7, 11) is 0. The topological polar surface area (TPSA) is 46.5 Å². The molecule has 1 fully saturated rings. The van der Waals surface area contributed by atoms with Crippen molar-refractivity contribution in [3.8, 4) is 0 Å². The normalized spacial score (nSPS) is 25.4. The molecule has 1 aliphatic rings. The SMILES string of the molecule is C=CCC(=O)/C(=C\C=C/C)C1CCC(CO)O1. The van der Waals surface area contributed by atoms with E-state index in [1.807, 2.05) is 19.1 Å². The minimum absolute atomic E-state index is 0.0169. The largest absolute Gasteiger partial charge is 0.394 e. The molecule has 1 heterocycles. The summed E-state index contributed by atoms with van der Waals surface area (Å²) in [6.45, 7) is 5.49. The summed E-state index contributed by atoms with van der Waals surface area (Å²) in [6.07, 6.45) is 8.72. The highest BCUT2D eigenvalue weighted by Gasteiger charge is 2.29. The molecule has 0 aromatic rings. The molecule has 0 bridgehead atoms. The van der Waals surface area contributed by atoms with Gasteiger partial charge in [0.15, 0.2) is 5.78 Å². The quantitative estimate of drug-likeness (QED) is 0.437. The Hall–Kier alpha value is -1.19. The van der Waals surface area contributed by atoms with E-state index in [2.05, 4.69) is 6.58 Å². The van der Waals surface area contributed by atoms with Gasteiger partial charge in [0.05, 0.1) is 18.8 Å². The number of hydrogen-bond donors (Lipinski definition) is 1. The van der Waals surface area contributed by atoms with Gasteiger partial charge in [-0.2, -0.15) is 0 Å². The van der Waals surface area contributed by atoms with Crippen LogP contribution in [0.2, 0.25) is 0 Å². The first-order valence-corrected chi connectivity index (χ1v) is 5.96. The molecule has 0 spiro atoms. The molecule has 17 heavy (non-hydrogen) atoms. The van der Waals surface area contributed by atoms with Crippen LogP contribution in [0.25, 0.3) is 0 Å². The van der Waals surface area contributed by atoms with Crippen LogP contribution in [-0.4, -0.2) is 29.7 Å². The molecular formula is C14H20O3. The molecule has 1 rings (SSSR count). The summed E-state index contributed by atoms with van der Waals surface area (Å²) < 4.78 is 5.63. The van der Waals surface area contributed by atoms with Crippen molar-refractivity contribution >= 4 is 5.78 Å². The fourth-order valence-electron chi connectivity index (χ4n) is 1.90. The molecule has 0 aromatic carbocycles. The van der Waals surface area contributed by atoms with E-state index in [0.29, 0.717) is 12.0 Å². The maximum atomic E-state index is 11.9. The van der Waals surface area contributed by atoms with E-state index in [0.717, 1.165) is 12.8 Å². The monoisotopic (exact) mass is 236 g/mol. The molecule has 2 atom stereocenters. The molecule has 0 amide bonds. The van der Waals surface area contributed by atoms with E-state index in [4.69, 9.17) is 9.84 Å². The second-order valence-corrected chi connectivity index (χ2v) is 4.07. The molecule has 1 saturated heterocycles. The zero-order chi connectivity index (χ0) is 12.7. The second-order valence-electron chi connectivity index (χ2n) is 4.07. The molecule has 0 aliphatic carbocycles. The number of aliphatic hydroxyl groups is 1. The zero-order valence-corrected chi connectivity index (χ0v) is 10.3. The first kappa shape index (κ1) is 13.9. The highest BCUT2D eigenvalue weighted by Crippen LogP contribution is 2.26. The Morgan fingerprint density at radius 2 is 2.29 bits per heavy atom. The zero-order valence-electron chi connectivity index (χ0n) is 10.3. The highest BCUT2D eigenvalue weighted by molar-refractivity contribution is 5.97. The number of carbonyl (C=O) groups excluding carboxylic acids is 1. The Kier molecular flexibility index (Phi) is 5.87. The van der Waals surface area contributed by atoms with Gasteiger partial charge in [-0.1, -0.05) is 24.3 Å². The van der Waals surface area contributed by atoms with Gasteiger partial charge in [0, 0.05) is 12.0 Å². The minimum Gasteiger partial charge on any atom is -0.394 e. The molecule has 1 N–H and O–H groups in total. The summed E-state index contributed by atoms with van der Waals surface area (Å²) in [4.78, 5) is 11.9. The first-order chi connectivity index (χ1) is 8.22. The number of rotatable bonds is 6. The Morgan fingerprint density at radius 1 is 1.53 bits per heavy atom. The van der Waals surface area contributed by atoms with Crippen molar-refractivity contribution < 1.29 is 14.6 Å². The van der Waals surface area contributed by atoms with Crippen molar-refractivity contribution in [1.29, 1.82) is 0 Å². The first-order valence-electron chi connectivity index (χ1n) is 5.96. The third-order valence-electron chi connectivity index (χ3n) is 2.78. The van der Waals surface area contributed by atoms with Crippen LogP contribution < -0.4 is 0 Å². The third kappa shape index (κ3) is 3.95. The minimum atomic E-state index is -0.184. The van der Waals surface area contributed by atoms with Gasteiger partial charge in [0.1, 0.15) is 0 Å². The summed E-state index contributed by atoms with van der Waals surface area (Å²) in [5.41, 5.74) is 0.680. The van der Waals surface area contributed by atoms with Crippen LogP contribution in [0, 0.1) is 0 Å². The molecular weight excluding hydrogens is 216 g/mol. The summed E-state index contributed by atoms with van der Waals surface area (Å²) in [5.74, 6) is 0.0432. The van der Waals surface area contributed by atoms with Crippen molar-refractivity contribution in [1.82, 2.24) is 0 Å². The van der Waals surface area contributed by atoms with E-state index < -0.39 is 0 Å². The molecule has 0 radical (unpaired) electrons. The number of Topliss-reactive ketones (excluding diaryl/α,β-unsaturated/α-hetero) is 1. The van der Waals surface area contributed by atoms with Gasteiger partial charge < -0.3 is 9.84 Å². The number of ketones is 1. The lowest BCUT2D eigenvalue weighted by molar-refractivity contribution is -0.116. The van der Waals surface area contributed by atoms with Gasteiger partial charge in [0.2, 0.25) is 0 Å². The predicted molar refractivity (Wildman–Crippen MR) is 67.7 cm³/mol. The highest BCUT2D eigenvalue weighted by atomic mass is 16.5. The molecule has 94 valence electrons. The molecule has 0 saturated carbocycles. The van der Waals surface area contributed by atoms with Gasteiger partial charge in [-0.05, 0) is 19.8 Å². The number of hydrogen-bond acceptors (Lipinski definition) is 3. The van der Waals surface area contributed by atoms with Crippen molar-refractivity contribution in [2.24, 2.45) is 0 Å². The fourth-order valence-corrected chi connectivity index (χ4v) is 1.90. The maximum absolute atomic E-state index is 11.9. The smallest absolute Gasteiger partial charge is 0.165 e. The van der Waals surface area contributed by atoms with Gasteiger partial charge in [-0.15, -0.1) is 6.58 Å². The van der Waals surface area contributed by atoms with E-state index in [-0.39, 0.29) is 24.6 Å². The Bertz CT molecular complexity index is 328. The van der Waals surface area contributed by atoms with Crippen LogP contribution >= 0.6 is 0 Å². The van der Waals surface area contributed by atoms with Crippen molar-refractivity contribution in [3.05, 3.63) is 36.5 Å². The van der Waals surface area contributed by atoms with Crippen molar-refractivity contribution in [2.75, 3.05) is 6.61 Å². The summed E-state index contributed by atoms with van der Waals surface area (Å²) in [5, 5.41) is 9.02. The van der Waals surface area contributed by atoms with Gasteiger partial charge >= 0.3 is 0 Å². The maximum Gasteiger partial charge on any atom is 0.165 e. The number of carbonyl (C=O) groups is 1. The lowest BCUT2D eigenvalue weighted by Gasteiger charge is -2.14. The average molecular weight is 236 g/mol. The van der Waals surface area contributed by atoms with E-state index in [9.17, 15) is 4.79 Å². The van der Waals surface area contributed by atoms with E-state index >= 15 is 0 Å².